The van der Waals surface area contributed by atoms with Crippen molar-refractivity contribution in [2.24, 2.45) is 11.8 Å². The average Bonchev–Trinajstić information content (AvgIpc) is 2.72. The Kier molecular flexibility index (Phi) is 1.87. The summed E-state index contributed by atoms with van der Waals surface area (Å²) in [7, 11) is 0. The molecule has 0 heterocycles. The Hall–Kier alpha value is -0.850. The first kappa shape index (κ1) is 7.78. The number of hydrogen-bond acceptors (Lipinski definition) is 0. The number of benzene rings is 1. The summed E-state index contributed by atoms with van der Waals surface area (Å²) in [6.07, 6.45) is 2.47. The smallest absolute Gasteiger partial charge is 0.123 e. The molecule has 2 unspecified atom stereocenters. The second-order valence-electron chi connectivity index (χ2n) is 3.80. The lowest BCUT2D eigenvalue weighted by atomic mass is 10.1. The molecule has 0 saturated heterocycles. The first-order valence-corrected chi connectivity index (χ1v) is 4.50. The third-order valence-electron chi connectivity index (χ3n) is 2.69. The second-order valence-corrected chi connectivity index (χ2v) is 3.80. The zero-order valence-electron chi connectivity index (χ0n) is 7.26. The average molecular weight is 164 g/mol. The third kappa shape index (κ3) is 1.66. The summed E-state index contributed by atoms with van der Waals surface area (Å²) < 4.78 is 12.5. The monoisotopic (exact) mass is 164 g/mol. The van der Waals surface area contributed by atoms with E-state index in [2.05, 4.69) is 6.92 Å². The highest BCUT2D eigenvalue weighted by Crippen LogP contribution is 2.40. The molecule has 2 rings (SSSR count). The van der Waals surface area contributed by atoms with E-state index in [1.807, 2.05) is 12.1 Å². The lowest BCUT2D eigenvalue weighted by Crippen LogP contribution is -1.88. The van der Waals surface area contributed by atoms with Crippen molar-refractivity contribution in [1.82, 2.24) is 0 Å². The predicted molar refractivity (Wildman–Crippen MR) is 47.4 cm³/mol. The molecule has 1 fully saturated rings. The first-order chi connectivity index (χ1) is 5.75. The van der Waals surface area contributed by atoms with Crippen LogP contribution < -0.4 is 0 Å². The minimum Gasteiger partial charge on any atom is -0.207 e. The molecule has 0 bridgehead atoms. The van der Waals surface area contributed by atoms with Crippen LogP contribution >= 0.6 is 0 Å². The van der Waals surface area contributed by atoms with Crippen molar-refractivity contribution < 1.29 is 4.39 Å². The third-order valence-corrected chi connectivity index (χ3v) is 2.69. The van der Waals surface area contributed by atoms with Gasteiger partial charge in [-0.1, -0.05) is 19.1 Å². The molecule has 1 aliphatic rings. The van der Waals surface area contributed by atoms with E-state index in [1.165, 1.54) is 12.0 Å². The first-order valence-electron chi connectivity index (χ1n) is 4.50. The van der Waals surface area contributed by atoms with Crippen LogP contribution in [0.4, 0.5) is 4.39 Å². The molecule has 0 N–H and O–H groups in total. The summed E-state index contributed by atoms with van der Waals surface area (Å²) in [4.78, 5) is 0. The molecular formula is C11H13F. The van der Waals surface area contributed by atoms with E-state index >= 15 is 0 Å². The Morgan fingerprint density at radius 3 is 2.42 bits per heavy atom. The van der Waals surface area contributed by atoms with Crippen molar-refractivity contribution in [3.8, 4) is 0 Å². The lowest BCUT2D eigenvalue weighted by Gasteiger charge is -1.98. The zero-order valence-corrected chi connectivity index (χ0v) is 7.26. The van der Waals surface area contributed by atoms with Gasteiger partial charge in [0.05, 0.1) is 0 Å². The molecule has 1 heteroatoms. The fourth-order valence-electron chi connectivity index (χ4n) is 1.61. The van der Waals surface area contributed by atoms with E-state index in [1.54, 1.807) is 12.1 Å². The molecule has 0 radical (unpaired) electrons. The summed E-state index contributed by atoms with van der Waals surface area (Å²) in [5, 5.41) is 0. The van der Waals surface area contributed by atoms with E-state index in [0.717, 1.165) is 18.3 Å². The van der Waals surface area contributed by atoms with E-state index in [-0.39, 0.29) is 5.82 Å². The quantitative estimate of drug-likeness (QED) is 0.630. The molecule has 1 aliphatic carbocycles. The highest BCUT2D eigenvalue weighted by molar-refractivity contribution is 5.17. The second kappa shape index (κ2) is 2.89. The predicted octanol–water partition coefficient (Wildman–Crippen LogP) is 3.02. The maximum atomic E-state index is 12.5. The van der Waals surface area contributed by atoms with Crippen LogP contribution in [0.15, 0.2) is 24.3 Å². The van der Waals surface area contributed by atoms with Crippen LogP contribution in [0.1, 0.15) is 18.9 Å². The molecule has 0 amide bonds. The summed E-state index contributed by atoms with van der Waals surface area (Å²) in [5.41, 5.74) is 1.27. The van der Waals surface area contributed by atoms with Crippen molar-refractivity contribution in [1.29, 1.82) is 0 Å². The Morgan fingerprint density at radius 2 is 1.92 bits per heavy atom. The van der Waals surface area contributed by atoms with E-state index in [4.69, 9.17) is 0 Å². The number of hydrogen-bond donors (Lipinski definition) is 0. The molecular weight excluding hydrogens is 151 g/mol. The summed E-state index contributed by atoms with van der Waals surface area (Å²) in [6.45, 7) is 2.27. The fraction of sp³-hybridized carbons (Fsp3) is 0.455. The summed E-state index contributed by atoms with van der Waals surface area (Å²) in [6, 6.07) is 6.87. The molecule has 0 nitrogen and oxygen atoms in total. The molecule has 0 aromatic heterocycles. The topological polar surface area (TPSA) is 0 Å². The van der Waals surface area contributed by atoms with Gasteiger partial charge in [0, 0.05) is 0 Å². The van der Waals surface area contributed by atoms with Crippen LogP contribution in [0.3, 0.4) is 0 Å². The Labute approximate surface area is 72.4 Å². The van der Waals surface area contributed by atoms with Gasteiger partial charge in [0.25, 0.3) is 0 Å². The maximum Gasteiger partial charge on any atom is 0.123 e. The maximum absolute atomic E-state index is 12.5. The van der Waals surface area contributed by atoms with Crippen molar-refractivity contribution in [3.63, 3.8) is 0 Å². The van der Waals surface area contributed by atoms with Crippen LogP contribution in [-0.4, -0.2) is 0 Å². The molecule has 64 valence electrons. The highest BCUT2D eigenvalue weighted by atomic mass is 19.1. The molecule has 1 aromatic rings. The fourth-order valence-corrected chi connectivity index (χ4v) is 1.61. The van der Waals surface area contributed by atoms with Crippen LogP contribution in [0.25, 0.3) is 0 Å². The molecule has 0 spiro atoms. The number of halogens is 1. The van der Waals surface area contributed by atoms with E-state index < -0.39 is 0 Å². The summed E-state index contributed by atoms with van der Waals surface area (Å²) >= 11 is 0. The van der Waals surface area contributed by atoms with Gasteiger partial charge in [-0.2, -0.15) is 0 Å². The van der Waals surface area contributed by atoms with Crippen LogP contribution in [0.5, 0.6) is 0 Å². The van der Waals surface area contributed by atoms with Crippen molar-refractivity contribution in [2.75, 3.05) is 0 Å². The highest BCUT2D eigenvalue weighted by Gasteiger charge is 2.31. The van der Waals surface area contributed by atoms with Gasteiger partial charge in [0.15, 0.2) is 0 Å². The van der Waals surface area contributed by atoms with Crippen LogP contribution in [0.2, 0.25) is 0 Å². The molecule has 1 saturated carbocycles. The Bertz CT molecular complexity index is 263. The molecule has 0 aliphatic heterocycles. The molecule has 2 atom stereocenters. The van der Waals surface area contributed by atoms with Gasteiger partial charge in [-0.15, -0.1) is 0 Å². The van der Waals surface area contributed by atoms with Crippen molar-refractivity contribution >= 4 is 0 Å². The van der Waals surface area contributed by atoms with Gasteiger partial charge in [-0.3, -0.25) is 0 Å². The Balaban J connectivity index is 2.00. The standard InChI is InChI=1S/C11H13F/c1-8-6-10(8)7-9-2-4-11(12)5-3-9/h2-5,8,10H,6-7H2,1H3. The van der Waals surface area contributed by atoms with Gasteiger partial charge in [0.1, 0.15) is 5.82 Å². The van der Waals surface area contributed by atoms with E-state index in [0.29, 0.717) is 0 Å². The van der Waals surface area contributed by atoms with Crippen molar-refractivity contribution in [3.05, 3.63) is 35.6 Å². The van der Waals surface area contributed by atoms with Crippen LogP contribution in [-0.2, 0) is 6.42 Å². The minimum absolute atomic E-state index is 0.136. The normalized spacial score (nSPS) is 27.2. The van der Waals surface area contributed by atoms with Gasteiger partial charge < -0.3 is 0 Å². The van der Waals surface area contributed by atoms with Crippen molar-refractivity contribution in [2.45, 2.75) is 19.8 Å². The minimum atomic E-state index is -0.136. The SMILES string of the molecule is CC1CC1Cc1ccc(F)cc1. The Morgan fingerprint density at radius 1 is 1.33 bits per heavy atom. The number of rotatable bonds is 2. The van der Waals surface area contributed by atoms with Crippen LogP contribution in [0, 0.1) is 17.7 Å². The zero-order chi connectivity index (χ0) is 8.55. The van der Waals surface area contributed by atoms with Gasteiger partial charge in [0.2, 0.25) is 0 Å². The lowest BCUT2D eigenvalue weighted by molar-refractivity contribution is 0.626. The summed E-state index contributed by atoms with van der Waals surface area (Å²) in [5.74, 6) is 1.60. The molecule has 12 heavy (non-hydrogen) atoms. The van der Waals surface area contributed by atoms with Gasteiger partial charge in [-0.05, 0) is 42.4 Å². The molecule has 1 aromatic carbocycles. The van der Waals surface area contributed by atoms with E-state index in [9.17, 15) is 4.39 Å². The largest absolute Gasteiger partial charge is 0.207 e. The van der Waals surface area contributed by atoms with Gasteiger partial charge >= 0.3 is 0 Å². The van der Waals surface area contributed by atoms with Gasteiger partial charge in [-0.25, -0.2) is 4.39 Å².